The first-order valence-corrected chi connectivity index (χ1v) is 9.20. The number of amides is 1. The molecule has 0 bridgehead atoms. The van der Waals surface area contributed by atoms with Crippen LogP contribution in [0.5, 0.6) is 0 Å². The van der Waals surface area contributed by atoms with Crippen molar-refractivity contribution < 1.29 is 4.79 Å². The summed E-state index contributed by atoms with van der Waals surface area (Å²) in [5.74, 6) is 0.0885. The van der Waals surface area contributed by atoms with Crippen LogP contribution in [0.2, 0.25) is 0 Å². The molecule has 1 atom stereocenters. The molecular weight excluding hydrogens is 352 g/mol. The number of rotatable bonds is 5. The molecule has 0 radical (unpaired) electrons. The third-order valence-corrected chi connectivity index (χ3v) is 4.81. The van der Waals surface area contributed by atoms with Gasteiger partial charge in [-0.2, -0.15) is 0 Å². The Kier molecular flexibility index (Phi) is 5.68. The van der Waals surface area contributed by atoms with Crippen LogP contribution in [0.1, 0.15) is 34.1 Å². The van der Waals surface area contributed by atoms with Gasteiger partial charge < -0.3 is 9.88 Å². The fourth-order valence-corrected chi connectivity index (χ4v) is 2.95. The van der Waals surface area contributed by atoms with Gasteiger partial charge in [-0.1, -0.05) is 29.8 Å². The second kappa shape index (κ2) is 8.17. The van der Waals surface area contributed by atoms with Crippen molar-refractivity contribution in [3.8, 4) is 11.4 Å². The van der Waals surface area contributed by atoms with Gasteiger partial charge in [0.1, 0.15) is 11.4 Å². The summed E-state index contributed by atoms with van der Waals surface area (Å²) in [7, 11) is 1.69. The fourth-order valence-electron chi connectivity index (χ4n) is 2.95. The van der Waals surface area contributed by atoms with E-state index in [0.717, 1.165) is 22.4 Å². The number of aromatic amines is 1. The van der Waals surface area contributed by atoms with Crippen LogP contribution in [0, 0.1) is 13.8 Å². The Morgan fingerprint density at radius 1 is 1.11 bits per heavy atom. The number of aryl methyl sites for hydroxylation is 2. The lowest BCUT2D eigenvalue weighted by atomic mass is 10.1. The summed E-state index contributed by atoms with van der Waals surface area (Å²) in [5, 5.41) is 0. The van der Waals surface area contributed by atoms with Crippen molar-refractivity contribution in [1.82, 2.24) is 19.9 Å². The minimum atomic E-state index is -0.441. The number of aromatic nitrogens is 3. The maximum absolute atomic E-state index is 12.8. The normalized spacial score (nSPS) is 11.9. The van der Waals surface area contributed by atoms with Crippen molar-refractivity contribution in [2.75, 3.05) is 7.05 Å². The molecule has 2 heterocycles. The maximum atomic E-state index is 12.8. The summed E-state index contributed by atoms with van der Waals surface area (Å²) in [6, 6.07) is 11.5. The Morgan fingerprint density at radius 3 is 2.46 bits per heavy atom. The minimum Gasteiger partial charge on any atom is -0.338 e. The largest absolute Gasteiger partial charge is 0.338 e. The minimum absolute atomic E-state index is 0.0300. The number of nitrogens with one attached hydrogen (secondary N) is 1. The van der Waals surface area contributed by atoms with Crippen molar-refractivity contribution in [1.29, 1.82) is 0 Å². The fraction of sp³-hybridized carbons (Fsp3) is 0.273. The molecule has 6 nitrogen and oxygen atoms in total. The van der Waals surface area contributed by atoms with Crippen molar-refractivity contribution >= 4 is 5.91 Å². The molecule has 0 aliphatic carbocycles. The molecule has 1 amide bonds. The van der Waals surface area contributed by atoms with E-state index in [4.69, 9.17) is 0 Å². The predicted octanol–water partition coefficient (Wildman–Crippen LogP) is 3.15. The van der Waals surface area contributed by atoms with Gasteiger partial charge in [-0.15, -0.1) is 0 Å². The third kappa shape index (κ3) is 4.34. The van der Waals surface area contributed by atoms with E-state index in [1.54, 1.807) is 18.1 Å². The van der Waals surface area contributed by atoms with Crippen LogP contribution in [0.4, 0.5) is 0 Å². The molecule has 0 aliphatic heterocycles. The van der Waals surface area contributed by atoms with Crippen molar-refractivity contribution in [2.45, 2.75) is 33.2 Å². The Morgan fingerprint density at radius 2 is 1.82 bits per heavy atom. The highest BCUT2D eigenvalue weighted by atomic mass is 16.2. The zero-order valence-electron chi connectivity index (χ0n) is 16.6. The Hall–Kier alpha value is -3.28. The molecule has 1 aromatic carbocycles. The maximum Gasteiger partial charge on any atom is 0.264 e. The molecule has 28 heavy (non-hydrogen) atoms. The lowest BCUT2D eigenvalue weighted by Gasteiger charge is -2.24. The second-order valence-electron chi connectivity index (χ2n) is 7.13. The van der Waals surface area contributed by atoms with Crippen molar-refractivity contribution in [3.05, 3.63) is 81.5 Å². The number of pyridine rings is 1. The van der Waals surface area contributed by atoms with E-state index >= 15 is 0 Å². The molecule has 1 N–H and O–H groups in total. The van der Waals surface area contributed by atoms with E-state index in [0.29, 0.717) is 12.2 Å². The zero-order valence-corrected chi connectivity index (χ0v) is 16.6. The molecule has 0 aliphatic rings. The van der Waals surface area contributed by atoms with Gasteiger partial charge in [-0.25, -0.2) is 4.98 Å². The van der Waals surface area contributed by atoms with Crippen LogP contribution < -0.4 is 5.56 Å². The molecule has 2 aromatic heterocycles. The molecule has 0 saturated carbocycles. The molecule has 0 fully saturated rings. The van der Waals surface area contributed by atoms with Crippen LogP contribution in [-0.4, -0.2) is 38.8 Å². The number of hydrogen-bond acceptors (Lipinski definition) is 4. The molecule has 3 rings (SSSR count). The first-order chi connectivity index (χ1) is 13.3. The number of hydrogen-bond donors (Lipinski definition) is 1. The summed E-state index contributed by atoms with van der Waals surface area (Å²) in [6.07, 6.45) is 3.72. The number of carbonyl (C=O) groups is 1. The van der Waals surface area contributed by atoms with E-state index in [2.05, 4.69) is 15.0 Å². The molecular formula is C22H24N4O2. The number of likely N-dealkylation sites (N-methyl/N-ethyl adjacent to an activating group) is 1. The standard InChI is InChI=1S/C22H24N4O2/c1-14-5-7-17(8-6-14)20-24-13-19(21(27)25-20)22(28)26(4)16(3)12-18-11-15(2)9-10-23-18/h5-11,13,16H,12H2,1-4H3,(H,24,25,27)/t16-/m1/s1. The summed E-state index contributed by atoms with van der Waals surface area (Å²) >= 11 is 0. The number of benzene rings is 1. The van der Waals surface area contributed by atoms with Gasteiger partial charge in [0.25, 0.3) is 11.5 Å². The van der Waals surface area contributed by atoms with Crippen molar-refractivity contribution in [3.63, 3.8) is 0 Å². The first kappa shape index (κ1) is 19.5. The zero-order chi connectivity index (χ0) is 20.3. The molecule has 6 heteroatoms. The highest BCUT2D eigenvalue weighted by Gasteiger charge is 2.21. The van der Waals surface area contributed by atoms with E-state index < -0.39 is 5.56 Å². The van der Waals surface area contributed by atoms with Crippen LogP contribution in [0.25, 0.3) is 11.4 Å². The highest BCUT2D eigenvalue weighted by Crippen LogP contribution is 2.15. The third-order valence-electron chi connectivity index (χ3n) is 4.81. The van der Waals surface area contributed by atoms with Crippen LogP contribution in [-0.2, 0) is 6.42 Å². The summed E-state index contributed by atoms with van der Waals surface area (Å²) in [4.78, 5) is 38.2. The summed E-state index contributed by atoms with van der Waals surface area (Å²) < 4.78 is 0. The van der Waals surface area contributed by atoms with Gasteiger partial charge in [-0.3, -0.25) is 14.6 Å². The number of carbonyl (C=O) groups excluding carboxylic acids is 1. The van der Waals surface area contributed by atoms with E-state index in [9.17, 15) is 9.59 Å². The quantitative estimate of drug-likeness (QED) is 0.742. The highest BCUT2D eigenvalue weighted by molar-refractivity contribution is 5.93. The first-order valence-electron chi connectivity index (χ1n) is 9.20. The van der Waals surface area contributed by atoms with Gasteiger partial charge in [0, 0.05) is 43.2 Å². The average molecular weight is 376 g/mol. The monoisotopic (exact) mass is 376 g/mol. The summed E-state index contributed by atoms with van der Waals surface area (Å²) in [5.41, 5.74) is 3.55. The van der Waals surface area contributed by atoms with Crippen LogP contribution in [0.15, 0.2) is 53.6 Å². The molecule has 0 saturated heterocycles. The van der Waals surface area contributed by atoms with Gasteiger partial charge in [0.2, 0.25) is 0 Å². The topological polar surface area (TPSA) is 79.0 Å². The summed E-state index contributed by atoms with van der Waals surface area (Å²) in [6.45, 7) is 5.93. The number of H-pyrrole nitrogens is 1. The Bertz CT molecular complexity index is 1040. The molecule has 0 spiro atoms. The molecule has 3 aromatic rings. The van der Waals surface area contributed by atoms with Gasteiger partial charge >= 0.3 is 0 Å². The Balaban J connectivity index is 1.77. The second-order valence-corrected chi connectivity index (χ2v) is 7.13. The van der Waals surface area contributed by atoms with Crippen molar-refractivity contribution in [2.24, 2.45) is 0 Å². The molecule has 144 valence electrons. The van der Waals surface area contributed by atoms with E-state index in [1.807, 2.05) is 57.2 Å². The van der Waals surface area contributed by atoms with Crippen LogP contribution in [0.3, 0.4) is 0 Å². The number of nitrogens with zero attached hydrogens (tertiary/aromatic N) is 3. The van der Waals surface area contributed by atoms with E-state index in [1.165, 1.54) is 6.20 Å². The predicted molar refractivity (Wildman–Crippen MR) is 109 cm³/mol. The smallest absolute Gasteiger partial charge is 0.264 e. The van der Waals surface area contributed by atoms with Crippen LogP contribution >= 0.6 is 0 Å². The lowest BCUT2D eigenvalue weighted by molar-refractivity contribution is 0.0740. The SMILES string of the molecule is Cc1ccc(-c2ncc(C(=O)N(C)[C@H](C)Cc3cc(C)ccn3)c(=O)[nH]2)cc1. The van der Waals surface area contributed by atoms with Gasteiger partial charge in [0.15, 0.2) is 0 Å². The Labute approximate surface area is 164 Å². The average Bonchev–Trinajstić information content (AvgIpc) is 2.67. The van der Waals surface area contributed by atoms with Gasteiger partial charge in [-0.05, 0) is 38.5 Å². The van der Waals surface area contributed by atoms with E-state index in [-0.39, 0.29) is 17.5 Å². The molecule has 0 unspecified atom stereocenters. The van der Waals surface area contributed by atoms with Gasteiger partial charge in [0.05, 0.1) is 0 Å². The lowest BCUT2D eigenvalue weighted by Crippen LogP contribution is -2.39.